The summed E-state index contributed by atoms with van der Waals surface area (Å²) in [5, 5.41) is 0. The van der Waals surface area contributed by atoms with Crippen LogP contribution in [0.3, 0.4) is 0 Å². The zero-order valence-corrected chi connectivity index (χ0v) is 11.1. The van der Waals surface area contributed by atoms with Gasteiger partial charge in [0.1, 0.15) is 12.4 Å². The molecule has 1 saturated heterocycles. The van der Waals surface area contributed by atoms with Crippen molar-refractivity contribution in [2.45, 2.75) is 12.5 Å². The van der Waals surface area contributed by atoms with Crippen molar-refractivity contribution < 1.29 is 23.6 Å². The molecule has 1 aliphatic heterocycles. The standard InChI is InChI=1S/C12H18N3O4/c1-13-3-4-15(9-13)12(17)14-5-6-19-10(8-14)7-11(16)18-2/h3-4,9-10H,5-8H2,1-2H3/q+1. The van der Waals surface area contributed by atoms with Crippen LogP contribution >= 0.6 is 0 Å². The van der Waals surface area contributed by atoms with Gasteiger partial charge in [-0.1, -0.05) is 0 Å². The normalized spacial score (nSPS) is 19.3. The number of carbonyl (C=O) groups is 2. The number of methoxy groups -OCH3 is 1. The van der Waals surface area contributed by atoms with E-state index < -0.39 is 0 Å². The summed E-state index contributed by atoms with van der Waals surface area (Å²) >= 11 is 0. The Balaban J connectivity index is 1.97. The average Bonchev–Trinajstić information content (AvgIpc) is 2.84. The smallest absolute Gasteiger partial charge is 0.415 e. The Morgan fingerprint density at radius 3 is 2.95 bits per heavy atom. The third kappa shape index (κ3) is 3.31. The van der Waals surface area contributed by atoms with Gasteiger partial charge in [-0.2, -0.15) is 4.57 Å². The van der Waals surface area contributed by atoms with Crippen LogP contribution in [0.15, 0.2) is 18.7 Å². The predicted octanol–water partition coefficient (Wildman–Crippen LogP) is -0.455. The molecule has 0 N–H and O–H groups in total. The molecule has 1 amide bonds. The number of rotatable bonds is 2. The van der Waals surface area contributed by atoms with Crippen LogP contribution in [0.25, 0.3) is 0 Å². The van der Waals surface area contributed by atoms with E-state index in [1.54, 1.807) is 28.2 Å². The van der Waals surface area contributed by atoms with Gasteiger partial charge in [-0.3, -0.25) is 9.69 Å². The first-order valence-electron chi connectivity index (χ1n) is 6.11. The van der Waals surface area contributed by atoms with Gasteiger partial charge in [0, 0.05) is 6.54 Å². The molecule has 0 saturated carbocycles. The number of aryl methyl sites for hydroxylation is 1. The van der Waals surface area contributed by atoms with Gasteiger partial charge in [0.15, 0.2) is 0 Å². The molecule has 1 unspecified atom stereocenters. The van der Waals surface area contributed by atoms with Crippen molar-refractivity contribution in [1.82, 2.24) is 9.47 Å². The van der Waals surface area contributed by atoms with Gasteiger partial charge in [-0.05, 0) is 0 Å². The van der Waals surface area contributed by atoms with Crippen LogP contribution in [-0.4, -0.2) is 54.4 Å². The number of morpholine rings is 1. The van der Waals surface area contributed by atoms with Crippen molar-refractivity contribution in [3.8, 4) is 0 Å². The van der Waals surface area contributed by atoms with Crippen LogP contribution in [0, 0.1) is 0 Å². The number of hydrogen-bond donors (Lipinski definition) is 0. The lowest BCUT2D eigenvalue weighted by Crippen LogP contribution is -2.47. The van der Waals surface area contributed by atoms with Crippen molar-refractivity contribution in [3.63, 3.8) is 0 Å². The SMILES string of the molecule is COC(=O)CC1CN(C(=O)n2cc[n+](C)c2)CCO1. The van der Waals surface area contributed by atoms with Crippen molar-refractivity contribution in [2.75, 3.05) is 26.8 Å². The number of hydrogen-bond acceptors (Lipinski definition) is 4. The molecule has 1 atom stereocenters. The maximum Gasteiger partial charge on any atom is 0.415 e. The van der Waals surface area contributed by atoms with Crippen molar-refractivity contribution in [1.29, 1.82) is 0 Å². The summed E-state index contributed by atoms with van der Waals surface area (Å²) in [6.45, 7) is 1.36. The lowest BCUT2D eigenvalue weighted by molar-refractivity contribution is -0.670. The summed E-state index contributed by atoms with van der Waals surface area (Å²) in [6, 6.07) is -0.112. The molecule has 1 aromatic rings. The second-order valence-electron chi connectivity index (χ2n) is 4.49. The van der Waals surface area contributed by atoms with E-state index in [2.05, 4.69) is 4.74 Å². The number of carbonyl (C=O) groups excluding carboxylic acids is 2. The zero-order valence-electron chi connectivity index (χ0n) is 11.1. The highest BCUT2D eigenvalue weighted by Gasteiger charge is 2.29. The van der Waals surface area contributed by atoms with Gasteiger partial charge in [0.25, 0.3) is 6.33 Å². The number of nitrogens with zero attached hydrogens (tertiary/aromatic N) is 3. The zero-order chi connectivity index (χ0) is 13.8. The van der Waals surface area contributed by atoms with Crippen LogP contribution in [0.2, 0.25) is 0 Å². The van der Waals surface area contributed by atoms with Crippen LogP contribution in [-0.2, 0) is 21.3 Å². The highest BCUT2D eigenvalue weighted by atomic mass is 16.5. The summed E-state index contributed by atoms with van der Waals surface area (Å²) < 4.78 is 13.4. The third-order valence-electron chi connectivity index (χ3n) is 3.02. The Morgan fingerprint density at radius 2 is 2.32 bits per heavy atom. The molecule has 7 nitrogen and oxygen atoms in total. The number of imidazole rings is 1. The van der Waals surface area contributed by atoms with Gasteiger partial charge in [-0.25, -0.2) is 9.36 Å². The molecule has 0 aliphatic carbocycles. The van der Waals surface area contributed by atoms with E-state index in [9.17, 15) is 9.59 Å². The van der Waals surface area contributed by atoms with E-state index in [4.69, 9.17) is 4.74 Å². The monoisotopic (exact) mass is 268 g/mol. The number of ether oxygens (including phenoxy) is 2. The molecule has 1 aromatic heterocycles. The Morgan fingerprint density at radius 1 is 1.53 bits per heavy atom. The van der Waals surface area contributed by atoms with Crippen LogP contribution < -0.4 is 4.57 Å². The Hall–Kier alpha value is -1.89. The molecular weight excluding hydrogens is 250 g/mol. The van der Waals surface area contributed by atoms with Crippen molar-refractivity contribution in [3.05, 3.63) is 18.7 Å². The van der Waals surface area contributed by atoms with Gasteiger partial charge < -0.3 is 9.47 Å². The van der Waals surface area contributed by atoms with Gasteiger partial charge in [0.05, 0.1) is 39.8 Å². The molecule has 2 rings (SSSR count). The summed E-state index contributed by atoms with van der Waals surface area (Å²) in [4.78, 5) is 25.1. The molecule has 104 valence electrons. The number of esters is 1. The average molecular weight is 268 g/mol. The predicted molar refractivity (Wildman–Crippen MR) is 64.3 cm³/mol. The summed E-state index contributed by atoms with van der Waals surface area (Å²) in [5.41, 5.74) is 0. The Bertz CT molecular complexity index is 471. The molecule has 7 heteroatoms. The van der Waals surface area contributed by atoms with E-state index >= 15 is 0 Å². The maximum atomic E-state index is 12.2. The Labute approximate surface area is 111 Å². The molecule has 0 radical (unpaired) electrons. The minimum Gasteiger partial charge on any atom is -0.469 e. The number of aromatic nitrogens is 2. The highest BCUT2D eigenvalue weighted by molar-refractivity contribution is 5.76. The summed E-state index contributed by atoms with van der Waals surface area (Å²) in [7, 11) is 3.19. The molecular formula is C12H18N3O4+. The first-order chi connectivity index (χ1) is 9.10. The van der Waals surface area contributed by atoms with E-state index in [0.29, 0.717) is 19.7 Å². The minimum atomic E-state index is -0.327. The van der Waals surface area contributed by atoms with Crippen molar-refractivity contribution >= 4 is 12.0 Å². The van der Waals surface area contributed by atoms with Gasteiger partial charge >= 0.3 is 12.0 Å². The lowest BCUT2D eigenvalue weighted by Gasteiger charge is -2.30. The summed E-state index contributed by atoms with van der Waals surface area (Å²) in [6.07, 6.45) is 5.07. The fraction of sp³-hybridized carbons (Fsp3) is 0.583. The second kappa shape index (κ2) is 5.83. The molecule has 0 bridgehead atoms. The minimum absolute atomic E-state index is 0.112. The fourth-order valence-electron chi connectivity index (χ4n) is 2.01. The van der Waals surface area contributed by atoms with E-state index in [1.807, 2.05) is 7.05 Å². The highest BCUT2D eigenvalue weighted by Crippen LogP contribution is 2.10. The van der Waals surface area contributed by atoms with E-state index in [1.165, 1.54) is 11.7 Å². The van der Waals surface area contributed by atoms with Crippen LogP contribution in [0.1, 0.15) is 6.42 Å². The third-order valence-corrected chi connectivity index (χ3v) is 3.02. The Kier molecular flexibility index (Phi) is 4.16. The fourth-order valence-corrected chi connectivity index (χ4v) is 2.01. The lowest BCUT2D eigenvalue weighted by atomic mass is 10.2. The van der Waals surface area contributed by atoms with Gasteiger partial charge in [0.2, 0.25) is 0 Å². The molecule has 1 fully saturated rings. The largest absolute Gasteiger partial charge is 0.469 e. The number of amides is 1. The first kappa shape index (κ1) is 13.5. The van der Waals surface area contributed by atoms with Crippen LogP contribution in [0.4, 0.5) is 4.79 Å². The summed E-state index contributed by atoms with van der Waals surface area (Å²) in [5.74, 6) is -0.327. The molecule has 19 heavy (non-hydrogen) atoms. The molecule has 1 aliphatic rings. The van der Waals surface area contributed by atoms with E-state index in [-0.39, 0.29) is 24.5 Å². The maximum absolute atomic E-state index is 12.2. The molecule has 2 heterocycles. The van der Waals surface area contributed by atoms with Gasteiger partial charge in [-0.15, -0.1) is 0 Å². The molecule has 0 spiro atoms. The first-order valence-corrected chi connectivity index (χ1v) is 6.11. The second-order valence-corrected chi connectivity index (χ2v) is 4.49. The van der Waals surface area contributed by atoms with Crippen molar-refractivity contribution in [2.24, 2.45) is 7.05 Å². The quantitative estimate of drug-likeness (QED) is 0.538. The van der Waals surface area contributed by atoms with E-state index in [0.717, 1.165) is 0 Å². The topological polar surface area (TPSA) is 64.7 Å². The molecule has 0 aromatic carbocycles. The van der Waals surface area contributed by atoms with Crippen LogP contribution in [0.5, 0.6) is 0 Å².